The van der Waals surface area contributed by atoms with Gasteiger partial charge in [0.2, 0.25) is 0 Å². The second kappa shape index (κ2) is 9.72. The molecule has 0 spiro atoms. The largest absolute Gasteiger partial charge is 0.460 e. The van der Waals surface area contributed by atoms with Crippen LogP contribution >= 0.6 is 0 Å². The summed E-state index contributed by atoms with van der Waals surface area (Å²) in [5, 5.41) is 37.6. The first kappa shape index (κ1) is 30.9. The van der Waals surface area contributed by atoms with E-state index >= 15 is 0 Å². The van der Waals surface area contributed by atoms with Crippen LogP contribution in [0.3, 0.4) is 0 Å². The third-order valence-electron chi connectivity index (χ3n) is 4.78. The van der Waals surface area contributed by atoms with E-state index in [0.717, 1.165) is 0 Å². The molecule has 1 aliphatic heterocycles. The normalized spacial score (nSPS) is 28.3. The van der Waals surface area contributed by atoms with Crippen molar-refractivity contribution in [3.8, 4) is 0 Å². The third kappa shape index (κ3) is 5.04. The molecule has 4 N–H and O–H groups in total. The fourth-order valence-electron chi connectivity index (χ4n) is 2.74. The summed E-state index contributed by atoms with van der Waals surface area (Å²) in [6.07, 6.45) is -21.2. The molecule has 0 amide bonds. The maximum absolute atomic E-state index is 13.7. The second-order valence-electron chi connectivity index (χ2n) is 7.17. The molecule has 1 aliphatic rings. The van der Waals surface area contributed by atoms with Crippen LogP contribution in [0.2, 0.25) is 0 Å². The molecule has 0 bridgehead atoms. The van der Waals surface area contributed by atoms with Gasteiger partial charge in [0.05, 0.1) is 6.61 Å². The minimum absolute atomic E-state index is 0.971. The highest BCUT2D eigenvalue weighted by Crippen LogP contribution is 2.60. The van der Waals surface area contributed by atoms with E-state index in [-0.39, 0.29) is 0 Å². The van der Waals surface area contributed by atoms with Crippen molar-refractivity contribution >= 4 is 0 Å². The van der Waals surface area contributed by atoms with Crippen molar-refractivity contribution in [2.75, 3.05) is 13.2 Å². The van der Waals surface area contributed by atoms with Crippen LogP contribution in [0.15, 0.2) is 0 Å². The molecule has 0 aliphatic carbocycles. The Hall–Kier alpha value is -1.15. The van der Waals surface area contributed by atoms with Crippen molar-refractivity contribution < 1.29 is 87.0 Å². The van der Waals surface area contributed by atoms with Gasteiger partial charge < -0.3 is 29.9 Å². The van der Waals surface area contributed by atoms with E-state index in [1.807, 2.05) is 0 Å². The van der Waals surface area contributed by atoms with Crippen LogP contribution in [0.25, 0.3) is 0 Å². The van der Waals surface area contributed by atoms with E-state index in [0.29, 0.717) is 0 Å². The predicted octanol–water partition coefficient (Wildman–Crippen LogP) is 2.32. The van der Waals surface area contributed by atoms with Gasteiger partial charge in [-0.05, 0) is 6.42 Å². The molecule has 19 heteroatoms. The first-order valence-corrected chi connectivity index (χ1v) is 8.89. The average molecular weight is 540 g/mol. The molecule has 1 rings (SSSR count). The standard InChI is InChI=1S/C15H17F13O6/c16-10(17,2-1-3-33-8-6(30)5(4-29)34-9(32)7(8)31)11(18,19)12(20,21)13(22,23)14(24,25)15(26,27)28/h5-9,29-32H,1-4H2/t5-,6-,7-,8+,9?/m1/s1. The highest BCUT2D eigenvalue weighted by atomic mass is 19.4. The van der Waals surface area contributed by atoms with Gasteiger partial charge in [-0.2, -0.15) is 57.1 Å². The molecule has 5 atom stereocenters. The Morgan fingerprint density at radius 1 is 0.676 bits per heavy atom. The Bertz CT molecular complexity index is 686. The predicted molar refractivity (Wildman–Crippen MR) is 79.7 cm³/mol. The fraction of sp³-hybridized carbons (Fsp3) is 1.00. The molecule has 204 valence electrons. The van der Waals surface area contributed by atoms with Crippen molar-refractivity contribution in [1.29, 1.82) is 0 Å². The number of ether oxygens (including phenoxy) is 2. The van der Waals surface area contributed by atoms with Gasteiger partial charge in [-0.25, -0.2) is 0 Å². The lowest BCUT2D eigenvalue weighted by molar-refractivity contribution is -0.440. The molecule has 34 heavy (non-hydrogen) atoms. The Morgan fingerprint density at radius 2 is 1.15 bits per heavy atom. The number of hydrogen-bond acceptors (Lipinski definition) is 6. The molecular formula is C15H17F13O6. The van der Waals surface area contributed by atoms with Crippen molar-refractivity contribution in [2.24, 2.45) is 0 Å². The highest BCUT2D eigenvalue weighted by Gasteiger charge is 2.90. The molecule has 0 aromatic heterocycles. The highest BCUT2D eigenvalue weighted by molar-refractivity contribution is 5.10. The molecule has 0 aromatic carbocycles. The average Bonchev–Trinajstić information content (AvgIpc) is 2.68. The van der Waals surface area contributed by atoms with Gasteiger partial charge in [0.25, 0.3) is 0 Å². The van der Waals surface area contributed by atoms with E-state index < -0.39 is 92.6 Å². The molecule has 0 saturated carbocycles. The van der Waals surface area contributed by atoms with Crippen molar-refractivity contribution in [2.45, 2.75) is 79.3 Å². The summed E-state index contributed by atoms with van der Waals surface area (Å²) in [5.74, 6) is -37.4. The number of aliphatic hydroxyl groups is 4. The molecule has 0 radical (unpaired) electrons. The summed E-state index contributed by atoms with van der Waals surface area (Å²) in [6.45, 7) is -2.21. The fourth-order valence-corrected chi connectivity index (χ4v) is 2.74. The molecule has 6 nitrogen and oxygen atoms in total. The summed E-state index contributed by atoms with van der Waals surface area (Å²) < 4.78 is 178. The lowest BCUT2D eigenvalue weighted by atomic mass is 9.92. The number of hydrogen-bond donors (Lipinski definition) is 4. The molecule has 1 unspecified atom stereocenters. The SMILES string of the molecule is OC[C@H]1OC(O)[C@H](O)[C@@H](OCCCC(F)(F)C(F)(F)C(F)(F)C(F)(F)C(F)(F)C(F)(F)F)[C@@H]1O. The van der Waals surface area contributed by atoms with Gasteiger partial charge in [0, 0.05) is 13.0 Å². The molecule has 1 saturated heterocycles. The van der Waals surface area contributed by atoms with Crippen LogP contribution in [0, 0.1) is 0 Å². The minimum Gasteiger partial charge on any atom is -0.394 e. The number of alkyl halides is 13. The van der Waals surface area contributed by atoms with Crippen LogP contribution in [0.1, 0.15) is 12.8 Å². The van der Waals surface area contributed by atoms with Crippen LogP contribution in [-0.4, -0.2) is 100 Å². The van der Waals surface area contributed by atoms with Crippen LogP contribution in [0.5, 0.6) is 0 Å². The summed E-state index contributed by atoms with van der Waals surface area (Å²) >= 11 is 0. The van der Waals surface area contributed by atoms with E-state index in [4.69, 9.17) is 5.11 Å². The Labute approximate surface area is 180 Å². The quantitative estimate of drug-likeness (QED) is 0.251. The zero-order chi connectivity index (χ0) is 27.1. The lowest BCUT2D eigenvalue weighted by Crippen LogP contribution is -2.70. The Balaban J connectivity index is 2.96. The van der Waals surface area contributed by atoms with Crippen molar-refractivity contribution in [1.82, 2.24) is 0 Å². The van der Waals surface area contributed by atoms with Crippen LogP contribution in [-0.2, 0) is 9.47 Å². The van der Waals surface area contributed by atoms with Crippen molar-refractivity contribution in [3.05, 3.63) is 0 Å². The van der Waals surface area contributed by atoms with Crippen LogP contribution < -0.4 is 0 Å². The molecule has 1 heterocycles. The van der Waals surface area contributed by atoms with E-state index in [1.165, 1.54) is 0 Å². The Morgan fingerprint density at radius 3 is 1.59 bits per heavy atom. The first-order chi connectivity index (χ1) is 15.0. The summed E-state index contributed by atoms with van der Waals surface area (Å²) in [4.78, 5) is 0. The van der Waals surface area contributed by atoms with Gasteiger partial charge in [0.1, 0.15) is 24.4 Å². The van der Waals surface area contributed by atoms with E-state index in [9.17, 15) is 72.4 Å². The Kier molecular flexibility index (Phi) is 8.83. The van der Waals surface area contributed by atoms with Gasteiger partial charge in [-0.15, -0.1) is 0 Å². The zero-order valence-corrected chi connectivity index (χ0v) is 16.2. The monoisotopic (exact) mass is 540 g/mol. The molecule has 0 aromatic rings. The smallest absolute Gasteiger partial charge is 0.394 e. The number of aliphatic hydroxyl groups excluding tert-OH is 4. The van der Waals surface area contributed by atoms with Crippen LogP contribution in [0.4, 0.5) is 57.1 Å². The van der Waals surface area contributed by atoms with Gasteiger partial charge in [0.15, 0.2) is 6.29 Å². The minimum atomic E-state index is -7.99. The summed E-state index contributed by atoms with van der Waals surface area (Å²) in [7, 11) is 0. The third-order valence-corrected chi connectivity index (χ3v) is 4.78. The lowest BCUT2D eigenvalue weighted by Gasteiger charge is -2.40. The van der Waals surface area contributed by atoms with Gasteiger partial charge in [-0.3, -0.25) is 0 Å². The maximum Gasteiger partial charge on any atom is 0.460 e. The summed E-state index contributed by atoms with van der Waals surface area (Å²) in [6, 6.07) is 0. The van der Waals surface area contributed by atoms with Crippen molar-refractivity contribution in [3.63, 3.8) is 0 Å². The summed E-state index contributed by atoms with van der Waals surface area (Å²) in [5.41, 5.74) is 0. The van der Waals surface area contributed by atoms with Gasteiger partial charge >= 0.3 is 35.8 Å². The molecule has 1 fully saturated rings. The second-order valence-corrected chi connectivity index (χ2v) is 7.17. The topological polar surface area (TPSA) is 99.4 Å². The van der Waals surface area contributed by atoms with E-state index in [1.54, 1.807) is 0 Å². The maximum atomic E-state index is 13.7. The first-order valence-electron chi connectivity index (χ1n) is 8.89. The number of rotatable bonds is 10. The van der Waals surface area contributed by atoms with E-state index in [2.05, 4.69) is 9.47 Å². The number of halogens is 13. The van der Waals surface area contributed by atoms with Gasteiger partial charge in [-0.1, -0.05) is 0 Å². The zero-order valence-electron chi connectivity index (χ0n) is 16.2. The molecular weight excluding hydrogens is 523 g/mol.